The van der Waals surface area contributed by atoms with Crippen molar-refractivity contribution in [1.82, 2.24) is 0 Å². The molecular weight excluding hydrogens is 350 g/mol. The van der Waals surface area contributed by atoms with Gasteiger partial charge in [0.1, 0.15) is 5.75 Å². The molecule has 1 unspecified atom stereocenters. The van der Waals surface area contributed by atoms with Gasteiger partial charge in [0.05, 0.1) is 0 Å². The summed E-state index contributed by atoms with van der Waals surface area (Å²) in [7, 11) is -4.29. The summed E-state index contributed by atoms with van der Waals surface area (Å²) in [6.07, 6.45) is 12.6. The van der Waals surface area contributed by atoms with Crippen LogP contribution in [0.5, 0.6) is 5.75 Å². The van der Waals surface area contributed by atoms with Crippen LogP contribution in [0, 0.1) is 0 Å². The van der Waals surface area contributed by atoms with E-state index in [1.807, 2.05) is 0 Å². The van der Waals surface area contributed by atoms with E-state index in [1.165, 1.54) is 57.1 Å². The van der Waals surface area contributed by atoms with Gasteiger partial charge in [0.15, 0.2) is 0 Å². The molecule has 150 valence electrons. The summed E-state index contributed by atoms with van der Waals surface area (Å²) in [5, 5.41) is 7.75. The van der Waals surface area contributed by atoms with E-state index in [0.29, 0.717) is 6.42 Å². The molecule has 0 aromatic heterocycles. The molecule has 0 aliphatic heterocycles. The first-order chi connectivity index (χ1) is 12.4. The second-order valence-electron chi connectivity index (χ2n) is 6.98. The van der Waals surface area contributed by atoms with Crippen LogP contribution in [-0.4, -0.2) is 18.6 Å². The number of nitrogens with two attached hydrogens (primary N) is 1. The van der Waals surface area contributed by atoms with Gasteiger partial charge in [0.25, 0.3) is 5.06 Å². The summed E-state index contributed by atoms with van der Waals surface area (Å²) >= 11 is 0. The maximum Gasteiger partial charge on any atom is 0.353 e. The predicted octanol–water partition coefficient (Wildman–Crippen LogP) is 4.70. The SMILES string of the molecule is CCCCCCCCCCCCCC(N)(O)S(=O)(=O)Oc1ccccc1. The summed E-state index contributed by atoms with van der Waals surface area (Å²) in [6, 6.07) is 8.08. The van der Waals surface area contributed by atoms with Crippen LogP contribution in [0.15, 0.2) is 30.3 Å². The lowest BCUT2D eigenvalue weighted by molar-refractivity contribution is 0.108. The Bertz CT molecular complexity index is 573. The van der Waals surface area contributed by atoms with Crippen molar-refractivity contribution >= 4 is 10.1 Å². The fourth-order valence-electron chi connectivity index (χ4n) is 2.84. The molecule has 3 N–H and O–H groups in total. The first kappa shape index (κ1) is 22.9. The number of benzene rings is 1. The molecule has 26 heavy (non-hydrogen) atoms. The fourth-order valence-corrected chi connectivity index (χ4v) is 3.75. The Morgan fingerprint density at radius 1 is 0.885 bits per heavy atom. The van der Waals surface area contributed by atoms with Crippen LogP contribution in [0.1, 0.15) is 84.0 Å². The minimum Gasteiger partial charge on any atom is -0.379 e. The van der Waals surface area contributed by atoms with E-state index in [4.69, 9.17) is 9.92 Å². The molecule has 0 aliphatic rings. The predicted molar refractivity (Wildman–Crippen MR) is 106 cm³/mol. The summed E-state index contributed by atoms with van der Waals surface area (Å²) in [4.78, 5) is 0. The molecule has 0 aliphatic carbocycles. The average Bonchev–Trinajstić information content (AvgIpc) is 2.60. The van der Waals surface area contributed by atoms with Crippen molar-refractivity contribution in [2.75, 3.05) is 0 Å². The van der Waals surface area contributed by atoms with Crippen LogP contribution in [0.4, 0.5) is 0 Å². The molecule has 0 heterocycles. The van der Waals surface area contributed by atoms with Crippen molar-refractivity contribution in [3.8, 4) is 5.75 Å². The lowest BCUT2D eigenvalue weighted by Crippen LogP contribution is -2.49. The van der Waals surface area contributed by atoms with E-state index in [9.17, 15) is 13.5 Å². The first-order valence-electron chi connectivity index (χ1n) is 9.89. The minimum absolute atomic E-state index is 0.0286. The van der Waals surface area contributed by atoms with E-state index >= 15 is 0 Å². The Morgan fingerprint density at radius 3 is 1.85 bits per heavy atom. The summed E-state index contributed by atoms with van der Waals surface area (Å²) in [6.45, 7) is 2.22. The topological polar surface area (TPSA) is 89.6 Å². The van der Waals surface area contributed by atoms with Crippen molar-refractivity contribution in [2.24, 2.45) is 5.73 Å². The molecule has 0 saturated carbocycles. The molecule has 6 heteroatoms. The highest BCUT2D eigenvalue weighted by Crippen LogP contribution is 2.22. The maximum absolute atomic E-state index is 12.1. The third-order valence-corrected chi connectivity index (χ3v) is 6.00. The molecule has 1 atom stereocenters. The largest absolute Gasteiger partial charge is 0.379 e. The van der Waals surface area contributed by atoms with Gasteiger partial charge >= 0.3 is 10.1 Å². The van der Waals surface area contributed by atoms with Crippen molar-refractivity contribution in [3.05, 3.63) is 30.3 Å². The third kappa shape index (κ3) is 9.01. The Hall–Kier alpha value is -1.11. The van der Waals surface area contributed by atoms with E-state index in [0.717, 1.165) is 19.3 Å². The molecule has 0 radical (unpaired) electrons. The molecule has 5 nitrogen and oxygen atoms in total. The van der Waals surface area contributed by atoms with Gasteiger partial charge in [-0.05, 0) is 18.6 Å². The molecule has 0 amide bonds. The number of rotatable bonds is 15. The van der Waals surface area contributed by atoms with Crippen molar-refractivity contribution in [1.29, 1.82) is 0 Å². The smallest absolute Gasteiger partial charge is 0.353 e. The number of hydrogen-bond donors (Lipinski definition) is 2. The van der Waals surface area contributed by atoms with E-state index in [1.54, 1.807) is 18.2 Å². The van der Waals surface area contributed by atoms with Crippen LogP contribution >= 0.6 is 0 Å². The molecule has 1 rings (SSSR count). The molecule has 0 bridgehead atoms. The number of unbranched alkanes of at least 4 members (excludes halogenated alkanes) is 10. The van der Waals surface area contributed by atoms with Crippen LogP contribution in [0.25, 0.3) is 0 Å². The highest BCUT2D eigenvalue weighted by Gasteiger charge is 2.39. The molecule has 0 saturated heterocycles. The molecule has 0 spiro atoms. The molecular formula is C20H35NO4S. The second kappa shape index (κ2) is 12.3. The first-order valence-corrected chi connectivity index (χ1v) is 11.3. The zero-order chi connectivity index (χ0) is 19.3. The average molecular weight is 386 g/mol. The van der Waals surface area contributed by atoms with E-state index in [-0.39, 0.29) is 12.2 Å². The summed E-state index contributed by atoms with van der Waals surface area (Å²) in [5.41, 5.74) is 5.61. The fraction of sp³-hybridized carbons (Fsp3) is 0.700. The standard InChI is InChI=1S/C20H35NO4S/c1-2-3-4-5-6-7-8-9-10-11-15-18-20(21,22)26(23,24)25-19-16-13-12-14-17-19/h12-14,16-17,22H,2-11,15,18,21H2,1H3. The number of hydrogen-bond acceptors (Lipinski definition) is 5. The Labute approximate surface area is 159 Å². The van der Waals surface area contributed by atoms with Crippen LogP contribution in [-0.2, 0) is 10.1 Å². The summed E-state index contributed by atoms with van der Waals surface area (Å²) < 4.78 is 29.2. The Kier molecular flexibility index (Phi) is 10.9. The lowest BCUT2D eigenvalue weighted by Gasteiger charge is -2.22. The van der Waals surface area contributed by atoms with Gasteiger partial charge in [-0.3, -0.25) is 5.73 Å². The quantitative estimate of drug-likeness (QED) is 0.259. The van der Waals surface area contributed by atoms with Crippen LogP contribution in [0.2, 0.25) is 0 Å². The zero-order valence-corrected chi connectivity index (χ0v) is 16.8. The minimum atomic E-state index is -4.29. The molecule has 0 fully saturated rings. The highest BCUT2D eigenvalue weighted by molar-refractivity contribution is 7.88. The normalized spacial score (nSPS) is 14.1. The van der Waals surface area contributed by atoms with E-state index < -0.39 is 15.2 Å². The van der Waals surface area contributed by atoms with Crippen molar-refractivity contribution in [3.63, 3.8) is 0 Å². The van der Waals surface area contributed by atoms with Gasteiger partial charge in [0.2, 0.25) is 0 Å². The highest BCUT2D eigenvalue weighted by atomic mass is 32.2. The number of para-hydroxylation sites is 1. The maximum atomic E-state index is 12.1. The van der Waals surface area contributed by atoms with Gasteiger partial charge in [-0.1, -0.05) is 89.3 Å². The van der Waals surface area contributed by atoms with Crippen LogP contribution in [0.3, 0.4) is 0 Å². The number of aliphatic hydroxyl groups is 1. The van der Waals surface area contributed by atoms with Gasteiger partial charge in [0, 0.05) is 6.42 Å². The monoisotopic (exact) mass is 385 g/mol. The van der Waals surface area contributed by atoms with Gasteiger partial charge < -0.3 is 9.29 Å². The molecule has 1 aromatic carbocycles. The Morgan fingerprint density at radius 2 is 1.35 bits per heavy atom. The summed E-state index contributed by atoms with van der Waals surface area (Å²) in [5.74, 6) is 0.148. The van der Waals surface area contributed by atoms with Gasteiger partial charge in [-0.25, -0.2) is 0 Å². The third-order valence-electron chi connectivity index (χ3n) is 4.52. The van der Waals surface area contributed by atoms with Crippen molar-refractivity contribution < 1.29 is 17.7 Å². The van der Waals surface area contributed by atoms with Gasteiger partial charge in [-0.2, -0.15) is 8.42 Å². The molecule has 1 aromatic rings. The van der Waals surface area contributed by atoms with Crippen molar-refractivity contribution in [2.45, 2.75) is 89.0 Å². The van der Waals surface area contributed by atoms with E-state index in [2.05, 4.69) is 6.92 Å². The lowest BCUT2D eigenvalue weighted by atomic mass is 10.1. The second-order valence-corrected chi connectivity index (χ2v) is 8.76. The Balaban J connectivity index is 2.17. The zero-order valence-electron chi connectivity index (χ0n) is 16.0. The van der Waals surface area contributed by atoms with Crippen LogP contribution < -0.4 is 9.92 Å². The van der Waals surface area contributed by atoms with Gasteiger partial charge in [-0.15, -0.1) is 0 Å².